The monoisotopic (exact) mass is 751 g/mol. The number of carbonyl (C=O) groups excluding carboxylic acids is 7. The van der Waals surface area contributed by atoms with Gasteiger partial charge in [-0.15, -0.1) is 0 Å². The zero-order chi connectivity index (χ0) is 38.5. The molecule has 2 unspecified atom stereocenters. The minimum Gasteiger partial charge on any atom is -0.356 e. The normalized spacial score (nSPS) is 23.6. The maximum Gasteiger partial charge on any atom is 0.229 e. The van der Waals surface area contributed by atoms with Crippen LogP contribution in [0.25, 0.3) is 0 Å². The summed E-state index contributed by atoms with van der Waals surface area (Å²) in [4.78, 5) is 92.9. The number of rotatable bonds is 5. The van der Waals surface area contributed by atoms with E-state index >= 15 is 0 Å². The van der Waals surface area contributed by atoms with Crippen molar-refractivity contribution >= 4 is 41.4 Å². The van der Waals surface area contributed by atoms with Crippen LogP contribution < -0.4 is 37.2 Å². The first kappa shape index (κ1) is 45.3. The molecule has 0 aromatic rings. The molecule has 0 radical (unpaired) electrons. The molecular formula is C36H66N10O7. The summed E-state index contributed by atoms with van der Waals surface area (Å²) < 4.78 is 0. The fourth-order valence-electron chi connectivity index (χ4n) is 6.21. The van der Waals surface area contributed by atoms with E-state index < -0.39 is 0 Å². The van der Waals surface area contributed by atoms with E-state index in [2.05, 4.69) is 51.9 Å². The molecule has 0 saturated carbocycles. The molecule has 2 atom stereocenters. The van der Waals surface area contributed by atoms with E-state index in [4.69, 9.17) is 0 Å². The van der Waals surface area contributed by atoms with Crippen molar-refractivity contribution in [2.24, 2.45) is 0 Å². The molecule has 0 aromatic heterocycles. The molecule has 2 aliphatic heterocycles. The van der Waals surface area contributed by atoms with Crippen molar-refractivity contribution in [1.82, 2.24) is 51.9 Å². The highest BCUT2D eigenvalue weighted by Gasteiger charge is 2.15. The van der Waals surface area contributed by atoms with Crippen LogP contribution in [0.3, 0.4) is 0 Å². The topological polar surface area (TPSA) is 213 Å². The summed E-state index contributed by atoms with van der Waals surface area (Å²) >= 11 is 0. The van der Waals surface area contributed by atoms with Gasteiger partial charge in [-0.1, -0.05) is 6.42 Å². The molecule has 53 heavy (non-hydrogen) atoms. The quantitative estimate of drug-likeness (QED) is 0.127. The Balaban J connectivity index is 2.16. The van der Waals surface area contributed by atoms with Crippen LogP contribution in [0.15, 0.2) is 0 Å². The summed E-state index contributed by atoms with van der Waals surface area (Å²) in [5.41, 5.74) is 0. The number of hydrogen-bond donors (Lipinski definition) is 7. The van der Waals surface area contributed by atoms with Crippen LogP contribution >= 0.6 is 0 Å². The van der Waals surface area contributed by atoms with Crippen LogP contribution in [0, 0.1) is 0 Å². The predicted molar refractivity (Wildman–Crippen MR) is 201 cm³/mol. The van der Waals surface area contributed by atoms with E-state index in [1.807, 2.05) is 0 Å². The molecule has 2 heterocycles. The molecule has 0 aliphatic carbocycles. The molecule has 17 nitrogen and oxygen atoms in total. The Morgan fingerprint density at radius 2 is 0.887 bits per heavy atom. The summed E-state index contributed by atoms with van der Waals surface area (Å²) in [5, 5.41) is 20.0. The minimum absolute atomic E-state index is 0.0607. The first-order valence-corrected chi connectivity index (χ1v) is 19.6. The predicted octanol–water partition coefficient (Wildman–Crippen LogP) is -1.57. The number of nitrogens with one attached hydrogen (secondary N) is 7. The first-order chi connectivity index (χ1) is 25.6. The van der Waals surface area contributed by atoms with E-state index in [9.17, 15) is 33.6 Å². The van der Waals surface area contributed by atoms with Gasteiger partial charge in [0.25, 0.3) is 0 Å². The molecule has 2 aliphatic rings. The van der Waals surface area contributed by atoms with Crippen molar-refractivity contribution in [1.29, 1.82) is 0 Å². The fourth-order valence-corrected chi connectivity index (χ4v) is 6.21. The minimum atomic E-state index is -0.337. The van der Waals surface area contributed by atoms with Crippen molar-refractivity contribution in [3.8, 4) is 0 Å². The van der Waals surface area contributed by atoms with Gasteiger partial charge in [-0.25, -0.2) is 0 Å². The van der Waals surface area contributed by atoms with Crippen LogP contribution in [0.2, 0.25) is 0 Å². The van der Waals surface area contributed by atoms with Gasteiger partial charge in [0.15, 0.2) is 0 Å². The summed E-state index contributed by atoms with van der Waals surface area (Å²) in [5.74, 6) is -1.97. The third kappa shape index (κ3) is 24.9. The lowest BCUT2D eigenvalue weighted by atomic mass is 10.2. The number of nitrogens with zero attached hydrogens (tertiary/aromatic N) is 3. The van der Waals surface area contributed by atoms with Crippen molar-refractivity contribution in [2.75, 3.05) is 105 Å². The lowest BCUT2D eigenvalue weighted by molar-refractivity contribution is -0.131. The zero-order valence-corrected chi connectivity index (χ0v) is 32.0. The molecule has 0 spiro atoms. The second kappa shape index (κ2) is 28.6. The SMILES string of the molecule is CC(=O)NCCCCN1CCCN2CCCCNC(=O)CC(=O)NCCCCCN(CCCNC(=O)CC(=O)NCC1)CCNC(=O)CC(=O)NCC2. The van der Waals surface area contributed by atoms with Gasteiger partial charge in [0.2, 0.25) is 41.4 Å². The van der Waals surface area contributed by atoms with Gasteiger partial charge in [-0.3, -0.25) is 33.6 Å². The maximum atomic E-state index is 12.6. The molecule has 302 valence electrons. The molecular weight excluding hydrogens is 684 g/mol. The smallest absolute Gasteiger partial charge is 0.229 e. The van der Waals surface area contributed by atoms with E-state index in [1.165, 1.54) is 6.92 Å². The number of carbonyl (C=O) groups is 7. The second-order valence-electron chi connectivity index (χ2n) is 13.8. The van der Waals surface area contributed by atoms with Crippen LogP contribution in [0.4, 0.5) is 0 Å². The number of amides is 7. The number of hydrogen-bond acceptors (Lipinski definition) is 10. The van der Waals surface area contributed by atoms with E-state index in [0.29, 0.717) is 78.4 Å². The number of fused-ring (bicyclic) bond motifs is 10. The highest BCUT2D eigenvalue weighted by molar-refractivity contribution is 5.97. The fraction of sp³-hybridized carbons (Fsp3) is 0.806. The Morgan fingerprint density at radius 1 is 0.472 bits per heavy atom. The van der Waals surface area contributed by atoms with Gasteiger partial charge in [0.05, 0.1) is 0 Å². The molecule has 2 rings (SSSR count). The summed E-state index contributed by atoms with van der Waals surface area (Å²) in [6.45, 7) is 10.8. The lowest BCUT2D eigenvalue weighted by Crippen LogP contribution is -2.40. The Morgan fingerprint density at radius 3 is 1.42 bits per heavy atom. The third-order valence-electron chi connectivity index (χ3n) is 9.11. The van der Waals surface area contributed by atoms with Crippen molar-refractivity contribution in [3.05, 3.63) is 0 Å². The summed E-state index contributed by atoms with van der Waals surface area (Å²) in [6.07, 6.45) is 6.47. The lowest BCUT2D eigenvalue weighted by Gasteiger charge is -2.26. The highest BCUT2D eigenvalue weighted by atomic mass is 16.2. The largest absolute Gasteiger partial charge is 0.356 e. The van der Waals surface area contributed by atoms with E-state index in [-0.39, 0.29) is 60.6 Å². The van der Waals surface area contributed by atoms with Crippen molar-refractivity contribution < 1.29 is 33.6 Å². The average Bonchev–Trinajstić information content (AvgIpc) is 3.09. The van der Waals surface area contributed by atoms with Crippen LogP contribution in [-0.4, -0.2) is 161 Å². The zero-order valence-electron chi connectivity index (χ0n) is 32.0. The van der Waals surface area contributed by atoms with Gasteiger partial charge in [-0.2, -0.15) is 0 Å². The third-order valence-corrected chi connectivity index (χ3v) is 9.11. The number of unbranched alkanes of at least 4 members (excludes halogenated alkanes) is 1. The highest BCUT2D eigenvalue weighted by Crippen LogP contribution is 2.03. The Kier molecular flexibility index (Phi) is 24.5. The van der Waals surface area contributed by atoms with Gasteiger partial charge in [-0.05, 0) is 90.6 Å². The van der Waals surface area contributed by atoms with Gasteiger partial charge in [0, 0.05) is 72.4 Å². The maximum absolute atomic E-state index is 12.6. The molecule has 17 heteroatoms. The second-order valence-corrected chi connectivity index (χ2v) is 13.8. The van der Waals surface area contributed by atoms with Crippen molar-refractivity contribution in [3.63, 3.8) is 0 Å². The van der Waals surface area contributed by atoms with Gasteiger partial charge in [0.1, 0.15) is 19.3 Å². The molecule has 7 amide bonds. The molecule has 2 fully saturated rings. The molecule has 7 N–H and O–H groups in total. The van der Waals surface area contributed by atoms with Crippen LogP contribution in [0.5, 0.6) is 0 Å². The summed E-state index contributed by atoms with van der Waals surface area (Å²) in [6, 6.07) is 0. The van der Waals surface area contributed by atoms with Crippen LogP contribution in [0.1, 0.15) is 84.0 Å². The molecule has 0 aromatic carbocycles. The average molecular weight is 751 g/mol. The Labute approximate surface area is 315 Å². The van der Waals surface area contributed by atoms with E-state index in [1.54, 1.807) is 0 Å². The Bertz CT molecular complexity index is 1140. The molecule has 2 saturated heterocycles. The molecule has 2 bridgehead atoms. The van der Waals surface area contributed by atoms with Gasteiger partial charge < -0.3 is 51.9 Å². The van der Waals surface area contributed by atoms with E-state index in [0.717, 1.165) is 84.1 Å². The standard InChI is InChI=1S/C36H66N10O7/c1-30(47)37-11-4-7-19-45-22-10-23-46-20-8-5-13-39-32(49)27-31(48)38-12-3-2-6-18-44(24-15-41-35(52)29-36(53)43-17-26-46)21-9-14-40-33(50)28-34(51)42-16-25-45/h2-29H2,1H3,(H,37,47)(H,38,48)(H,39,49)(H,40,50)(H,41,52)(H,42,51)(H,43,53). The van der Waals surface area contributed by atoms with Gasteiger partial charge >= 0.3 is 0 Å². The summed E-state index contributed by atoms with van der Waals surface area (Å²) in [7, 11) is 0. The van der Waals surface area contributed by atoms with Crippen LogP contribution in [-0.2, 0) is 33.6 Å². The Hall–Kier alpha value is -3.83. The van der Waals surface area contributed by atoms with Crippen molar-refractivity contribution in [2.45, 2.75) is 84.0 Å². The first-order valence-electron chi connectivity index (χ1n) is 19.6.